The van der Waals surface area contributed by atoms with Crippen LogP contribution in [-0.2, 0) is 33.2 Å². The average Bonchev–Trinajstić information content (AvgIpc) is 2.48. The molecular formula is C12H15N3O6. The molecule has 0 unspecified atom stereocenters. The van der Waals surface area contributed by atoms with E-state index in [1.807, 2.05) is 0 Å². The van der Waals surface area contributed by atoms with Crippen molar-refractivity contribution in [2.24, 2.45) is 14.1 Å². The SMILES string of the molecule is COC(=O)/C=C(\Nc1cn(C)c(=O)n(C)c1=O)C(=O)OC. The van der Waals surface area contributed by atoms with Crippen molar-refractivity contribution in [2.45, 2.75) is 0 Å². The second kappa shape index (κ2) is 6.55. The molecule has 0 fully saturated rings. The third-order valence-electron chi connectivity index (χ3n) is 2.58. The molecule has 0 aromatic carbocycles. The number of nitrogens with one attached hydrogen (secondary N) is 1. The van der Waals surface area contributed by atoms with Crippen LogP contribution < -0.4 is 16.6 Å². The van der Waals surface area contributed by atoms with E-state index in [1.165, 1.54) is 20.3 Å². The van der Waals surface area contributed by atoms with Gasteiger partial charge in [0.15, 0.2) is 0 Å². The summed E-state index contributed by atoms with van der Waals surface area (Å²) < 4.78 is 10.9. The lowest BCUT2D eigenvalue weighted by atomic mass is 10.3. The van der Waals surface area contributed by atoms with Crippen LogP contribution in [0.25, 0.3) is 0 Å². The molecule has 0 radical (unpaired) electrons. The summed E-state index contributed by atoms with van der Waals surface area (Å²) in [5, 5.41) is 2.46. The van der Waals surface area contributed by atoms with Gasteiger partial charge in [0, 0.05) is 20.3 Å². The van der Waals surface area contributed by atoms with E-state index in [1.54, 1.807) is 0 Å². The van der Waals surface area contributed by atoms with Gasteiger partial charge in [-0.05, 0) is 0 Å². The van der Waals surface area contributed by atoms with Gasteiger partial charge in [0.1, 0.15) is 11.4 Å². The predicted molar refractivity (Wildman–Crippen MR) is 72.7 cm³/mol. The third-order valence-corrected chi connectivity index (χ3v) is 2.58. The highest BCUT2D eigenvalue weighted by Gasteiger charge is 2.15. The second-order valence-electron chi connectivity index (χ2n) is 4.00. The molecule has 0 saturated heterocycles. The van der Waals surface area contributed by atoms with E-state index in [0.29, 0.717) is 0 Å². The van der Waals surface area contributed by atoms with Gasteiger partial charge < -0.3 is 19.4 Å². The van der Waals surface area contributed by atoms with E-state index in [9.17, 15) is 19.2 Å². The number of hydrogen-bond donors (Lipinski definition) is 1. The Bertz CT molecular complexity index is 713. The minimum absolute atomic E-state index is 0.0693. The standard InChI is InChI=1S/C12H15N3O6/c1-14-6-8(10(17)15(2)12(14)19)13-7(11(18)21-4)5-9(16)20-3/h5-6,13H,1-4H3/b7-5-. The summed E-state index contributed by atoms with van der Waals surface area (Å²) in [6.07, 6.45) is 2.05. The average molecular weight is 297 g/mol. The lowest BCUT2D eigenvalue weighted by Gasteiger charge is -2.10. The molecular weight excluding hydrogens is 282 g/mol. The molecule has 9 nitrogen and oxygen atoms in total. The number of carbonyl (C=O) groups excluding carboxylic acids is 2. The molecule has 0 aliphatic heterocycles. The summed E-state index contributed by atoms with van der Waals surface area (Å²) in [5.41, 5.74) is -1.54. The number of methoxy groups -OCH3 is 2. The van der Waals surface area contributed by atoms with Crippen LogP contribution in [0.5, 0.6) is 0 Å². The molecule has 114 valence electrons. The molecule has 0 bridgehead atoms. The first-order chi connectivity index (χ1) is 9.81. The van der Waals surface area contributed by atoms with Gasteiger partial charge in [-0.2, -0.15) is 0 Å². The van der Waals surface area contributed by atoms with E-state index >= 15 is 0 Å². The number of aromatic nitrogens is 2. The van der Waals surface area contributed by atoms with E-state index in [0.717, 1.165) is 29.4 Å². The fourth-order valence-corrected chi connectivity index (χ4v) is 1.47. The van der Waals surface area contributed by atoms with Crippen molar-refractivity contribution in [3.63, 3.8) is 0 Å². The zero-order valence-electron chi connectivity index (χ0n) is 12.0. The first-order valence-electron chi connectivity index (χ1n) is 5.73. The number of rotatable bonds is 4. The van der Waals surface area contributed by atoms with Crippen LogP contribution in [-0.4, -0.2) is 35.3 Å². The number of esters is 2. The Morgan fingerprint density at radius 1 is 1.19 bits per heavy atom. The number of hydrogen-bond acceptors (Lipinski definition) is 7. The first-order valence-corrected chi connectivity index (χ1v) is 5.73. The monoisotopic (exact) mass is 297 g/mol. The molecule has 0 amide bonds. The van der Waals surface area contributed by atoms with Crippen molar-refractivity contribution in [2.75, 3.05) is 19.5 Å². The fraction of sp³-hybridized carbons (Fsp3) is 0.333. The number of carbonyl (C=O) groups is 2. The molecule has 21 heavy (non-hydrogen) atoms. The Morgan fingerprint density at radius 3 is 2.33 bits per heavy atom. The van der Waals surface area contributed by atoms with E-state index < -0.39 is 23.2 Å². The van der Waals surface area contributed by atoms with Gasteiger partial charge in [-0.15, -0.1) is 0 Å². The first kappa shape index (κ1) is 16.2. The summed E-state index contributed by atoms with van der Waals surface area (Å²) in [6, 6.07) is 0. The van der Waals surface area contributed by atoms with Gasteiger partial charge in [-0.25, -0.2) is 14.4 Å². The van der Waals surface area contributed by atoms with Crippen LogP contribution in [0.2, 0.25) is 0 Å². The Kier molecular flexibility index (Phi) is 5.06. The van der Waals surface area contributed by atoms with Crippen molar-refractivity contribution in [1.82, 2.24) is 9.13 Å². The smallest absolute Gasteiger partial charge is 0.354 e. The zero-order chi connectivity index (χ0) is 16.2. The Balaban J connectivity index is 3.32. The molecule has 0 atom stereocenters. The molecule has 0 aliphatic rings. The van der Waals surface area contributed by atoms with Crippen molar-refractivity contribution in [1.29, 1.82) is 0 Å². The second-order valence-corrected chi connectivity index (χ2v) is 4.00. The van der Waals surface area contributed by atoms with E-state index in [4.69, 9.17) is 0 Å². The van der Waals surface area contributed by atoms with Crippen molar-refractivity contribution < 1.29 is 19.1 Å². The van der Waals surface area contributed by atoms with Crippen molar-refractivity contribution in [3.8, 4) is 0 Å². The molecule has 0 aliphatic carbocycles. The van der Waals surface area contributed by atoms with Gasteiger partial charge in [0.2, 0.25) is 0 Å². The maximum absolute atomic E-state index is 11.9. The van der Waals surface area contributed by atoms with Crippen LogP contribution in [0.1, 0.15) is 0 Å². The van der Waals surface area contributed by atoms with E-state index in [-0.39, 0.29) is 11.4 Å². The van der Waals surface area contributed by atoms with Crippen molar-refractivity contribution in [3.05, 3.63) is 38.8 Å². The summed E-state index contributed by atoms with van der Waals surface area (Å²) in [6.45, 7) is 0. The lowest BCUT2D eigenvalue weighted by molar-refractivity contribution is -0.138. The van der Waals surface area contributed by atoms with Gasteiger partial charge in [0.05, 0.1) is 20.3 Å². The van der Waals surface area contributed by atoms with Crippen LogP contribution in [0.15, 0.2) is 27.6 Å². The minimum atomic E-state index is -0.865. The quantitative estimate of drug-likeness (QED) is 0.545. The van der Waals surface area contributed by atoms with Gasteiger partial charge in [-0.1, -0.05) is 0 Å². The normalized spacial score (nSPS) is 11.0. The highest BCUT2D eigenvalue weighted by Crippen LogP contribution is 2.04. The summed E-state index contributed by atoms with van der Waals surface area (Å²) >= 11 is 0. The van der Waals surface area contributed by atoms with Gasteiger partial charge in [-0.3, -0.25) is 9.36 Å². The summed E-state index contributed by atoms with van der Waals surface area (Å²) in [4.78, 5) is 46.3. The Hall–Kier alpha value is -2.84. The molecule has 0 saturated carbocycles. The van der Waals surface area contributed by atoms with Crippen LogP contribution in [0.4, 0.5) is 5.69 Å². The molecule has 1 N–H and O–H groups in total. The Labute approximate surface area is 119 Å². The highest BCUT2D eigenvalue weighted by molar-refractivity contribution is 5.98. The molecule has 1 rings (SSSR count). The maximum atomic E-state index is 11.9. The molecule has 1 heterocycles. The van der Waals surface area contributed by atoms with E-state index in [2.05, 4.69) is 14.8 Å². The van der Waals surface area contributed by atoms with Gasteiger partial charge in [0.25, 0.3) is 5.56 Å². The number of nitrogens with zero attached hydrogens (tertiary/aromatic N) is 2. The largest absolute Gasteiger partial charge is 0.466 e. The summed E-state index contributed by atoms with van der Waals surface area (Å²) in [5.74, 6) is -1.67. The zero-order valence-corrected chi connectivity index (χ0v) is 12.0. The van der Waals surface area contributed by atoms with Gasteiger partial charge >= 0.3 is 17.6 Å². The maximum Gasteiger partial charge on any atom is 0.354 e. The number of aryl methyl sites for hydroxylation is 1. The number of ether oxygens (including phenoxy) is 2. The minimum Gasteiger partial charge on any atom is -0.466 e. The van der Waals surface area contributed by atoms with Crippen molar-refractivity contribution >= 4 is 17.6 Å². The summed E-state index contributed by atoms with van der Waals surface area (Å²) in [7, 11) is 4.99. The molecule has 1 aromatic heterocycles. The lowest BCUT2D eigenvalue weighted by Crippen LogP contribution is -2.38. The topological polar surface area (TPSA) is 109 Å². The third kappa shape index (κ3) is 3.59. The Morgan fingerprint density at radius 2 is 1.81 bits per heavy atom. The van der Waals surface area contributed by atoms with Crippen LogP contribution in [0, 0.1) is 0 Å². The predicted octanol–water partition coefficient (Wildman–Crippen LogP) is -1.27. The van der Waals surface area contributed by atoms with Crippen LogP contribution >= 0.6 is 0 Å². The van der Waals surface area contributed by atoms with Crippen LogP contribution in [0.3, 0.4) is 0 Å². The fourth-order valence-electron chi connectivity index (χ4n) is 1.47. The molecule has 1 aromatic rings. The number of anilines is 1. The highest BCUT2D eigenvalue weighted by atomic mass is 16.5. The molecule has 0 spiro atoms. The molecule has 9 heteroatoms.